The average molecular weight is 276 g/mol. The largest absolute Gasteiger partial charge is 0.418 e. The Balaban J connectivity index is 2.45. The number of hydrogen-bond donors (Lipinski definition) is 1. The van der Waals surface area contributed by atoms with Crippen molar-refractivity contribution in [3.63, 3.8) is 0 Å². The van der Waals surface area contributed by atoms with Crippen molar-refractivity contribution in [3.05, 3.63) is 60.2 Å². The highest BCUT2D eigenvalue weighted by molar-refractivity contribution is 6.02. The summed E-state index contributed by atoms with van der Waals surface area (Å²) in [5.41, 5.74) is -0.0776. The fourth-order valence-corrected chi connectivity index (χ4v) is 2.51. The van der Waals surface area contributed by atoms with Crippen LogP contribution in [0.15, 0.2) is 54.6 Å². The molecule has 0 amide bonds. The molecule has 3 rings (SSSR count). The second-order valence-corrected chi connectivity index (χ2v) is 4.68. The smallest absolute Gasteiger partial charge is 0.379 e. The van der Waals surface area contributed by atoms with Crippen LogP contribution >= 0.6 is 0 Å². The molecule has 0 radical (unpaired) electrons. The number of fused-ring (bicyclic) bond motifs is 2. The van der Waals surface area contributed by atoms with Crippen LogP contribution in [0.3, 0.4) is 0 Å². The summed E-state index contributed by atoms with van der Waals surface area (Å²) in [6.07, 6.45) is -7.18. The molecule has 0 heterocycles. The van der Waals surface area contributed by atoms with Gasteiger partial charge in [-0.25, -0.2) is 0 Å². The minimum absolute atomic E-state index is 0.0776. The van der Waals surface area contributed by atoms with Crippen LogP contribution in [0.25, 0.3) is 21.5 Å². The number of halogens is 3. The van der Waals surface area contributed by atoms with Gasteiger partial charge in [-0.2, -0.15) is 13.2 Å². The lowest BCUT2D eigenvalue weighted by Crippen LogP contribution is -2.20. The van der Waals surface area contributed by atoms with E-state index < -0.39 is 12.3 Å². The van der Waals surface area contributed by atoms with E-state index in [0.717, 1.165) is 0 Å². The summed E-state index contributed by atoms with van der Waals surface area (Å²) in [4.78, 5) is 0. The summed E-state index contributed by atoms with van der Waals surface area (Å²) in [7, 11) is 0. The van der Waals surface area contributed by atoms with Gasteiger partial charge in [0.05, 0.1) is 0 Å². The summed E-state index contributed by atoms with van der Waals surface area (Å²) < 4.78 is 38.8. The van der Waals surface area contributed by atoms with Crippen LogP contribution < -0.4 is 0 Å². The molecule has 3 aromatic rings. The molecular weight excluding hydrogens is 265 g/mol. The summed E-state index contributed by atoms with van der Waals surface area (Å²) in [5.74, 6) is 0. The van der Waals surface area contributed by atoms with Gasteiger partial charge < -0.3 is 5.11 Å². The van der Waals surface area contributed by atoms with Gasteiger partial charge in [-0.1, -0.05) is 48.5 Å². The van der Waals surface area contributed by atoms with Crippen molar-refractivity contribution in [2.45, 2.75) is 12.3 Å². The van der Waals surface area contributed by atoms with Crippen molar-refractivity contribution in [1.82, 2.24) is 0 Å². The van der Waals surface area contributed by atoms with E-state index in [1.165, 1.54) is 0 Å². The molecule has 1 atom stereocenters. The molecular formula is C16H11F3O. The highest BCUT2D eigenvalue weighted by Crippen LogP contribution is 2.40. The van der Waals surface area contributed by atoms with Gasteiger partial charge in [-0.05, 0) is 27.6 Å². The monoisotopic (exact) mass is 276 g/mol. The Morgan fingerprint density at radius 1 is 0.800 bits per heavy atom. The maximum atomic E-state index is 12.9. The standard InChI is InChI=1S/C16H11F3O/c17-16(18,19)15(20)14-12-7-3-1-5-10(12)9-11-6-2-4-8-13(11)14/h1-9,15,20H/t15-/m0/s1. The number of rotatable bonds is 1. The molecule has 4 heteroatoms. The Morgan fingerprint density at radius 2 is 1.25 bits per heavy atom. The molecule has 102 valence electrons. The molecule has 0 bridgehead atoms. The Kier molecular flexibility index (Phi) is 2.91. The van der Waals surface area contributed by atoms with Crippen molar-refractivity contribution < 1.29 is 18.3 Å². The van der Waals surface area contributed by atoms with E-state index >= 15 is 0 Å². The first-order valence-electron chi connectivity index (χ1n) is 6.13. The molecule has 0 aliphatic carbocycles. The zero-order valence-corrected chi connectivity index (χ0v) is 10.4. The number of alkyl halides is 3. The van der Waals surface area contributed by atoms with Crippen molar-refractivity contribution in [1.29, 1.82) is 0 Å². The van der Waals surface area contributed by atoms with Crippen LogP contribution in [0, 0.1) is 0 Å². The minimum atomic E-state index is -4.69. The predicted octanol–water partition coefficient (Wildman–Crippen LogP) is 4.59. The summed E-state index contributed by atoms with van der Waals surface area (Å²) in [6, 6.07) is 15.4. The van der Waals surface area contributed by atoms with E-state index in [-0.39, 0.29) is 5.56 Å². The van der Waals surface area contributed by atoms with Gasteiger partial charge in [0.2, 0.25) is 0 Å². The molecule has 3 aromatic carbocycles. The SMILES string of the molecule is O[C@@H](c1c2ccccc2cc2ccccc12)C(F)(F)F. The quantitative estimate of drug-likeness (QED) is 0.644. The van der Waals surface area contributed by atoms with Crippen LogP contribution in [0.2, 0.25) is 0 Å². The second-order valence-electron chi connectivity index (χ2n) is 4.68. The fraction of sp³-hybridized carbons (Fsp3) is 0.125. The Morgan fingerprint density at radius 3 is 1.70 bits per heavy atom. The van der Waals surface area contributed by atoms with Gasteiger partial charge >= 0.3 is 6.18 Å². The lowest BCUT2D eigenvalue weighted by atomic mass is 9.93. The molecule has 0 saturated carbocycles. The van der Waals surface area contributed by atoms with Crippen molar-refractivity contribution >= 4 is 21.5 Å². The first kappa shape index (κ1) is 12.9. The van der Waals surface area contributed by atoms with Crippen LogP contribution in [0.1, 0.15) is 11.7 Å². The highest BCUT2D eigenvalue weighted by Gasteiger charge is 2.41. The molecule has 0 spiro atoms. The van der Waals surface area contributed by atoms with Gasteiger partial charge in [0, 0.05) is 5.56 Å². The van der Waals surface area contributed by atoms with E-state index in [1.807, 2.05) is 6.07 Å². The molecule has 1 N–H and O–H groups in total. The third-order valence-electron chi connectivity index (χ3n) is 3.40. The summed E-state index contributed by atoms with van der Waals surface area (Å²) >= 11 is 0. The summed E-state index contributed by atoms with van der Waals surface area (Å²) in [6.45, 7) is 0. The zero-order valence-electron chi connectivity index (χ0n) is 10.4. The lowest BCUT2D eigenvalue weighted by Gasteiger charge is -2.19. The third kappa shape index (κ3) is 2.02. The normalized spacial score (nSPS) is 13.8. The number of aliphatic hydroxyl groups excluding tert-OH is 1. The van der Waals surface area contributed by atoms with Crippen molar-refractivity contribution in [3.8, 4) is 0 Å². The van der Waals surface area contributed by atoms with Crippen molar-refractivity contribution in [2.24, 2.45) is 0 Å². The van der Waals surface area contributed by atoms with Gasteiger partial charge in [0.25, 0.3) is 0 Å². The van der Waals surface area contributed by atoms with E-state index in [9.17, 15) is 18.3 Å². The maximum Gasteiger partial charge on any atom is 0.418 e. The zero-order chi connectivity index (χ0) is 14.3. The van der Waals surface area contributed by atoms with Crippen LogP contribution in [0.4, 0.5) is 13.2 Å². The van der Waals surface area contributed by atoms with E-state index in [0.29, 0.717) is 21.5 Å². The molecule has 0 aliphatic heterocycles. The van der Waals surface area contributed by atoms with E-state index in [4.69, 9.17) is 0 Å². The summed E-state index contributed by atoms with van der Waals surface area (Å²) in [5, 5.41) is 12.0. The Bertz CT molecular complexity index is 723. The maximum absolute atomic E-state index is 12.9. The fourth-order valence-electron chi connectivity index (χ4n) is 2.51. The number of benzene rings is 3. The van der Waals surface area contributed by atoms with Crippen LogP contribution in [-0.2, 0) is 0 Å². The van der Waals surface area contributed by atoms with Gasteiger partial charge in [-0.15, -0.1) is 0 Å². The molecule has 1 nitrogen and oxygen atoms in total. The second kappa shape index (κ2) is 4.49. The van der Waals surface area contributed by atoms with Gasteiger partial charge in [0.1, 0.15) is 0 Å². The molecule has 0 aliphatic rings. The Hall–Kier alpha value is -2.07. The first-order chi connectivity index (χ1) is 9.48. The highest BCUT2D eigenvalue weighted by atomic mass is 19.4. The average Bonchev–Trinajstić information content (AvgIpc) is 2.43. The molecule has 0 unspecified atom stereocenters. The predicted molar refractivity (Wildman–Crippen MR) is 72.5 cm³/mol. The van der Waals surface area contributed by atoms with Crippen LogP contribution in [0.5, 0.6) is 0 Å². The minimum Gasteiger partial charge on any atom is -0.379 e. The van der Waals surface area contributed by atoms with Crippen molar-refractivity contribution in [2.75, 3.05) is 0 Å². The molecule has 20 heavy (non-hydrogen) atoms. The molecule has 0 aromatic heterocycles. The number of hydrogen-bond acceptors (Lipinski definition) is 1. The topological polar surface area (TPSA) is 20.2 Å². The van der Waals surface area contributed by atoms with Gasteiger partial charge in [-0.3, -0.25) is 0 Å². The lowest BCUT2D eigenvalue weighted by molar-refractivity contribution is -0.205. The molecule has 0 saturated heterocycles. The third-order valence-corrected chi connectivity index (χ3v) is 3.40. The van der Waals surface area contributed by atoms with E-state index in [1.54, 1.807) is 48.5 Å². The van der Waals surface area contributed by atoms with E-state index in [2.05, 4.69) is 0 Å². The first-order valence-corrected chi connectivity index (χ1v) is 6.13. The van der Waals surface area contributed by atoms with Gasteiger partial charge in [0.15, 0.2) is 6.10 Å². The Labute approximate surface area is 113 Å². The molecule has 0 fully saturated rings. The van der Waals surface area contributed by atoms with Crippen LogP contribution in [-0.4, -0.2) is 11.3 Å². The number of aliphatic hydroxyl groups is 1.